The van der Waals surface area contributed by atoms with Gasteiger partial charge in [0, 0.05) is 18.7 Å². The monoisotopic (exact) mass is 326 g/mol. The Morgan fingerprint density at radius 2 is 1.88 bits per heavy atom. The van der Waals surface area contributed by atoms with Gasteiger partial charge in [-0.1, -0.05) is 0 Å². The van der Waals surface area contributed by atoms with Crippen LogP contribution in [0.25, 0.3) is 5.69 Å². The third kappa shape index (κ3) is 2.34. The molecule has 0 saturated heterocycles. The van der Waals surface area contributed by atoms with Crippen LogP contribution in [-0.4, -0.2) is 22.3 Å². The summed E-state index contributed by atoms with van der Waals surface area (Å²) in [5, 5.41) is 4.76. The second kappa shape index (κ2) is 5.34. The highest BCUT2D eigenvalue weighted by molar-refractivity contribution is 6.23. The summed E-state index contributed by atoms with van der Waals surface area (Å²) in [6.07, 6.45) is 0. The van der Waals surface area contributed by atoms with Crippen LogP contribution in [0.4, 0.5) is 11.5 Å². The Balaban J connectivity index is 2.20. The predicted molar refractivity (Wildman–Crippen MR) is 87.3 cm³/mol. The van der Waals surface area contributed by atoms with Crippen molar-refractivity contribution >= 4 is 29.2 Å². The molecule has 8 heteroatoms. The molecule has 1 aromatic carbocycles. The molecule has 1 aliphatic rings. The minimum Gasteiger partial charge on any atom is -0.384 e. The van der Waals surface area contributed by atoms with Gasteiger partial charge in [0.15, 0.2) is 0 Å². The summed E-state index contributed by atoms with van der Waals surface area (Å²) in [7, 11) is 0. The van der Waals surface area contributed by atoms with E-state index in [9.17, 15) is 19.2 Å². The number of rotatable bonds is 2. The summed E-state index contributed by atoms with van der Waals surface area (Å²) in [6.45, 7) is 3.13. The van der Waals surface area contributed by atoms with Crippen molar-refractivity contribution < 1.29 is 14.4 Å². The Hall–Kier alpha value is -3.42. The van der Waals surface area contributed by atoms with Gasteiger partial charge in [0.1, 0.15) is 5.82 Å². The number of amides is 3. The van der Waals surface area contributed by atoms with Gasteiger partial charge in [-0.3, -0.25) is 29.1 Å². The largest absolute Gasteiger partial charge is 0.384 e. The van der Waals surface area contributed by atoms with E-state index in [-0.39, 0.29) is 22.9 Å². The van der Waals surface area contributed by atoms with Gasteiger partial charge in [-0.25, -0.2) is 0 Å². The lowest BCUT2D eigenvalue weighted by atomic mass is 10.1. The average molecular weight is 326 g/mol. The summed E-state index contributed by atoms with van der Waals surface area (Å²) >= 11 is 0. The van der Waals surface area contributed by atoms with Crippen LogP contribution in [-0.2, 0) is 4.79 Å². The van der Waals surface area contributed by atoms with E-state index in [4.69, 9.17) is 5.73 Å². The molecule has 122 valence electrons. The number of pyridine rings is 1. The number of benzene rings is 1. The van der Waals surface area contributed by atoms with Gasteiger partial charge in [0.05, 0.1) is 16.8 Å². The molecule has 2 heterocycles. The highest BCUT2D eigenvalue weighted by Gasteiger charge is 2.32. The lowest BCUT2D eigenvalue weighted by Gasteiger charge is -2.15. The number of nitrogens with zero attached hydrogens (tertiary/aromatic N) is 1. The molecule has 0 saturated carbocycles. The van der Waals surface area contributed by atoms with Crippen LogP contribution in [0.15, 0.2) is 29.1 Å². The maximum Gasteiger partial charge on any atom is 0.262 e. The van der Waals surface area contributed by atoms with Gasteiger partial charge in [0.25, 0.3) is 17.4 Å². The van der Waals surface area contributed by atoms with Crippen LogP contribution >= 0.6 is 0 Å². The van der Waals surface area contributed by atoms with Crippen molar-refractivity contribution in [1.29, 1.82) is 0 Å². The zero-order valence-corrected chi connectivity index (χ0v) is 13.0. The number of nitrogens with one attached hydrogen (secondary N) is 2. The van der Waals surface area contributed by atoms with E-state index in [1.807, 2.05) is 0 Å². The van der Waals surface area contributed by atoms with Gasteiger partial charge < -0.3 is 11.1 Å². The van der Waals surface area contributed by atoms with E-state index < -0.39 is 17.4 Å². The van der Waals surface area contributed by atoms with Crippen molar-refractivity contribution in [3.8, 4) is 5.69 Å². The van der Waals surface area contributed by atoms with Crippen LogP contribution in [0.1, 0.15) is 33.2 Å². The molecule has 3 rings (SSSR count). The quantitative estimate of drug-likeness (QED) is 0.696. The molecule has 0 spiro atoms. The topological polar surface area (TPSA) is 123 Å². The van der Waals surface area contributed by atoms with Gasteiger partial charge in [-0.05, 0) is 30.7 Å². The maximum absolute atomic E-state index is 12.4. The number of anilines is 2. The van der Waals surface area contributed by atoms with Crippen molar-refractivity contribution in [3.05, 3.63) is 51.3 Å². The second-order valence-corrected chi connectivity index (χ2v) is 5.46. The number of fused-ring (bicyclic) bond motifs is 1. The first-order valence-electron chi connectivity index (χ1n) is 7.09. The van der Waals surface area contributed by atoms with E-state index in [1.165, 1.54) is 11.5 Å². The molecule has 0 aliphatic carbocycles. The Kier molecular flexibility index (Phi) is 3.44. The minimum atomic E-state index is -0.635. The molecular formula is C16H14N4O4. The average Bonchev–Trinajstić information content (AvgIpc) is 2.75. The van der Waals surface area contributed by atoms with Crippen molar-refractivity contribution in [3.63, 3.8) is 0 Å². The molecule has 24 heavy (non-hydrogen) atoms. The summed E-state index contributed by atoms with van der Waals surface area (Å²) in [4.78, 5) is 47.1. The molecule has 1 aromatic heterocycles. The van der Waals surface area contributed by atoms with Gasteiger partial charge >= 0.3 is 0 Å². The molecule has 0 fully saturated rings. The van der Waals surface area contributed by atoms with E-state index in [2.05, 4.69) is 10.6 Å². The van der Waals surface area contributed by atoms with Crippen molar-refractivity contribution in [1.82, 2.24) is 9.88 Å². The van der Waals surface area contributed by atoms with Gasteiger partial charge in [-0.15, -0.1) is 0 Å². The fraction of sp³-hybridized carbons (Fsp3) is 0.125. The highest BCUT2D eigenvalue weighted by atomic mass is 16.2. The molecule has 2 aromatic rings. The number of carbonyl (C=O) groups is 3. The van der Waals surface area contributed by atoms with Gasteiger partial charge in [-0.2, -0.15) is 0 Å². The molecule has 0 bridgehead atoms. The second-order valence-electron chi connectivity index (χ2n) is 5.46. The first kappa shape index (κ1) is 15.5. The molecule has 4 N–H and O–H groups in total. The van der Waals surface area contributed by atoms with Crippen LogP contribution in [0.5, 0.6) is 0 Å². The summed E-state index contributed by atoms with van der Waals surface area (Å²) in [5.41, 5.74) is 7.13. The SMILES string of the molecule is CC(=O)Nc1ccc(-n2c(N)c3c(cc2=O)C(=O)NC3=O)c(C)c1. The van der Waals surface area contributed by atoms with Crippen LogP contribution < -0.4 is 21.9 Å². The van der Waals surface area contributed by atoms with Crippen molar-refractivity contribution in [2.24, 2.45) is 0 Å². The molecular weight excluding hydrogens is 312 g/mol. The van der Waals surface area contributed by atoms with Crippen molar-refractivity contribution in [2.45, 2.75) is 13.8 Å². The number of aryl methyl sites for hydroxylation is 1. The fourth-order valence-electron chi connectivity index (χ4n) is 2.72. The number of aromatic nitrogens is 1. The highest BCUT2D eigenvalue weighted by Crippen LogP contribution is 2.25. The number of nitrogen functional groups attached to an aromatic ring is 1. The Morgan fingerprint density at radius 3 is 2.50 bits per heavy atom. The van der Waals surface area contributed by atoms with Crippen LogP contribution in [0.2, 0.25) is 0 Å². The molecule has 1 aliphatic heterocycles. The zero-order valence-electron chi connectivity index (χ0n) is 13.0. The normalized spacial score (nSPS) is 12.8. The zero-order chi connectivity index (χ0) is 17.6. The molecule has 3 amide bonds. The number of imide groups is 1. The summed E-state index contributed by atoms with van der Waals surface area (Å²) in [6, 6.07) is 6.00. The lowest BCUT2D eigenvalue weighted by molar-refractivity contribution is -0.114. The molecule has 0 unspecified atom stereocenters. The Labute approximate surface area is 136 Å². The van der Waals surface area contributed by atoms with Crippen LogP contribution in [0.3, 0.4) is 0 Å². The Bertz CT molecular complexity index is 975. The first-order valence-corrected chi connectivity index (χ1v) is 7.09. The maximum atomic E-state index is 12.4. The summed E-state index contributed by atoms with van der Waals surface area (Å²) < 4.78 is 1.17. The minimum absolute atomic E-state index is 0.00932. The first-order chi connectivity index (χ1) is 11.3. The van der Waals surface area contributed by atoms with E-state index in [0.29, 0.717) is 16.9 Å². The number of carbonyl (C=O) groups excluding carboxylic acids is 3. The fourth-order valence-corrected chi connectivity index (χ4v) is 2.72. The van der Waals surface area contributed by atoms with E-state index in [1.54, 1.807) is 25.1 Å². The standard InChI is InChI=1S/C16H14N4O4/c1-7-5-9(18-8(2)21)3-4-11(7)20-12(22)6-10-13(14(20)17)16(24)19-15(10)23/h3-6H,17H2,1-2H3,(H,18,21)(H,19,23,24). The predicted octanol–water partition coefficient (Wildman–Crippen LogP) is 0.570. The Morgan fingerprint density at radius 1 is 1.17 bits per heavy atom. The van der Waals surface area contributed by atoms with E-state index in [0.717, 1.165) is 6.07 Å². The third-order valence-electron chi connectivity index (χ3n) is 3.71. The summed E-state index contributed by atoms with van der Waals surface area (Å²) in [5.74, 6) is -1.58. The van der Waals surface area contributed by atoms with Crippen LogP contribution in [0, 0.1) is 6.92 Å². The third-order valence-corrected chi connectivity index (χ3v) is 3.71. The molecule has 8 nitrogen and oxygen atoms in total. The van der Waals surface area contributed by atoms with Crippen molar-refractivity contribution in [2.75, 3.05) is 11.1 Å². The lowest BCUT2D eigenvalue weighted by Crippen LogP contribution is -2.24. The molecule has 0 atom stereocenters. The molecule has 0 radical (unpaired) electrons. The number of hydrogen-bond acceptors (Lipinski definition) is 5. The number of nitrogens with two attached hydrogens (primary N) is 1. The number of hydrogen-bond donors (Lipinski definition) is 3. The van der Waals surface area contributed by atoms with E-state index >= 15 is 0 Å². The van der Waals surface area contributed by atoms with Gasteiger partial charge in [0.2, 0.25) is 5.91 Å². The smallest absolute Gasteiger partial charge is 0.262 e.